The predicted octanol–water partition coefficient (Wildman–Crippen LogP) is 1.26. The summed E-state index contributed by atoms with van der Waals surface area (Å²) in [5, 5.41) is 13.4. The Morgan fingerprint density at radius 3 is 2.73 bits per heavy atom. The Balaban J connectivity index is 2.57. The number of aromatic nitrogens is 2. The van der Waals surface area contributed by atoms with Crippen LogP contribution in [0.3, 0.4) is 0 Å². The number of benzene rings is 1. The quantitative estimate of drug-likeness (QED) is 0.864. The molecule has 1 N–H and O–H groups in total. The second kappa shape index (κ2) is 6.86. The van der Waals surface area contributed by atoms with Crippen molar-refractivity contribution in [3.8, 4) is 17.0 Å². The average molecular weight is 304 g/mol. The molecule has 0 aliphatic rings. The molecular formula is C15H16N2O5. The second-order valence-corrected chi connectivity index (χ2v) is 4.50. The smallest absolute Gasteiger partial charge is 0.341 e. The molecule has 0 spiro atoms. The van der Waals surface area contributed by atoms with Crippen molar-refractivity contribution in [1.82, 2.24) is 9.78 Å². The number of hydrogen-bond donors (Lipinski definition) is 1. The van der Waals surface area contributed by atoms with Gasteiger partial charge in [-0.2, -0.15) is 5.10 Å². The minimum Gasteiger partial charge on any atom is -0.497 e. The number of aromatic carboxylic acids is 1. The van der Waals surface area contributed by atoms with Crippen molar-refractivity contribution in [3.63, 3.8) is 0 Å². The second-order valence-electron chi connectivity index (χ2n) is 4.50. The molecule has 7 nitrogen and oxygen atoms in total. The van der Waals surface area contributed by atoms with Gasteiger partial charge in [0, 0.05) is 12.7 Å². The summed E-state index contributed by atoms with van der Waals surface area (Å²) in [7, 11) is 3.03. The maximum atomic E-state index is 12.1. The summed E-state index contributed by atoms with van der Waals surface area (Å²) in [6.07, 6.45) is 0. The van der Waals surface area contributed by atoms with Crippen LogP contribution in [0, 0.1) is 0 Å². The highest BCUT2D eigenvalue weighted by Gasteiger charge is 2.15. The van der Waals surface area contributed by atoms with Gasteiger partial charge in [0.05, 0.1) is 26.0 Å². The molecule has 1 aromatic heterocycles. The van der Waals surface area contributed by atoms with Gasteiger partial charge in [-0.3, -0.25) is 4.79 Å². The number of rotatable bonds is 6. The highest BCUT2D eigenvalue weighted by Crippen LogP contribution is 2.21. The Morgan fingerprint density at radius 2 is 2.09 bits per heavy atom. The highest BCUT2D eigenvalue weighted by atomic mass is 16.5. The lowest BCUT2D eigenvalue weighted by Gasteiger charge is -2.09. The molecule has 0 amide bonds. The molecule has 22 heavy (non-hydrogen) atoms. The Kier molecular flexibility index (Phi) is 4.90. The Bertz CT molecular complexity index is 739. The summed E-state index contributed by atoms with van der Waals surface area (Å²) in [4.78, 5) is 23.3. The van der Waals surface area contributed by atoms with Crippen LogP contribution >= 0.6 is 0 Å². The summed E-state index contributed by atoms with van der Waals surface area (Å²) < 4.78 is 11.2. The van der Waals surface area contributed by atoms with E-state index in [1.165, 1.54) is 20.3 Å². The van der Waals surface area contributed by atoms with Crippen LogP contribution < -0.4 is 10.3 Å². The molecule has 0 unspecified atom stereocenters. The lowest BCUT2D eigenvalue weighted by molar-refractivity contribution is 0.0693. The predicted molar refractivity (Wildman–Crippen MR) is 79.3 cm³/mol. The van der Waals surface area contributed by atoms with Gasteiger partial charge in [0.15, 0.2) is 0 Å². The van der Waals surface area contributed by atoms with Crippen molar-refractivity contribution in [2.24, 2.45) is 0 Å². The van der Waals surface area contributed by atoms with E-state index >= 15 is 0 Å². The maximum absolute atomic E-state index is 12.1. The first kappa shape index (κ1) is 15.7. The average Bonchev–Trinajstić information content (AvgIpc) is 2.53. The molecule has 0 bridgehead atoms. The summed E-state index contributed by atoms with van der Waals surface area (Å²) in [5.74, 6) is -0.673. The topological polar surface area (TPSA) is 90.7 Å². The van der Waals surface area contributed by atoms with Crippen LogP contribution in [0.25, 0.3) is 11.3 Å². The van der Waals surface area contributed by atoms with Crippen molar-refractivity contribution >= 4 is 5.97 Å². The number of ether oxygens (including phenoxy) is 2. The van der Waals surface area contributed by atoms with Crippen LogP contribution in [0.2, 0.25) is 0 Å². The van der Waals surface area contributed by atoms with E-state index in [9.17, 15) is 14.7 Å². The molecule has 2 aromatic rings. The third kappa shape index (κ3) is 3.32. The fraction of sp³-hybridized carbons (Fsp3) is 0.267. The molecule has 116 valence electrons. The van der Waals surface area contributed by atoms with Gasteiger partial charge >= 0.3 is 5.97 Å². The van der Waals surface area contributed by atoms with Crippen molar-refractivity contribution in [2.45, 2.75) is 6.54 Å². The SMILES string of the molecule is COCCn1nc(-c2cccc(OC)c2)cc(C(=O)O)c1=O. The molecule has 0 radical (unpaired) electrons. The van der Waals surface area contributed by atoms with Crippen molar-refractivity contribution in [2.75, 3.05) is 20.8 Å². The Hall–Kier alpha value is -2.67. The standard InChI is InChI=1S/C15H16N2O5/c1-21-7-6-17-14(18)12(15(19)20)9-13(16-17)10-4-3-5-11(8-10)22-2/h3-5,8-9H,6-7H2,1-2H3,(H,19,20). The van der Waals surface area contributed by atoms with E-state index in [0.717, 1.165) is 4.68 Å². The van der Waals surface area contributed by atoms with Gasteiger partial charge in [0.2, 0.25) is 0 Å². The summed E-state index contributed by atoms with van der Waals surface area (Å²) in [5.41, 5.74) is 0.0557. The minimum atomic E-state index is -1.29. The summed E-state index contributed by atoms with van der Waals surface area (Å²) >= 11 is 0. The first-order chi connectivity index (χ1) is 10.6. The fourth-order valence-electron chi connectivity index (χ4n) is 1.95. The van der Waals surface area contributed by atoms with Gasteiger partial charge in [-0.05, 0) is 18.2 Å². The molecule has 1 aromatic carbocycles. The van der Waals surface area contributed by atoms with Crippen LogP contribution in [0.4, 0.5) is 0 Å². The summed E-state index contributed by atoms with van der Waals surface area (Å²) in [6.45, 7) is 0.431. The van der Waals surface area contributed by atoms with Gasteiger partial charge < -0.3 is 14.6 Å². The zero-order chi connectivity index (χ0) is 16.1. The monoisotopic (exact) mass is 304 g/mol. The van der Waals surface area contributed by atoms with Crippen LogP contribution in [-0.4, -0.2) is 41.7 Å². The number of carboxylic acids is 1. The molecule has 2 rings (SSSR count). The van der Waals surface area contributed by atoms with Crippen molar-refractivity contribution in [3.05, 3.63) is 46.2 Å². The van der Waals surface area contributed by atoms with Crippen LogP contribution in [0.1, 0.15) is 10.4 Å². The molecule has 0 saturated carbocycles. The van der Waals surface area contributed by atoms with Crippen LogP contribution in [0.5, 0.6) is 5.75 Å². The van der Waals surface area contributed by atoms with Gasteiger partial charge in [0.1, 0.15) is 11.3 Å². The van der Waals surface area contributed by atoms with Gasteiger partial charge in [0.25, 0.3) is 5.56 Å². The molecule has 7 heteroatoms. The van der Waals surface area contributed by atoms with E-state index in [1.807, 2.05) is 0 Å². The largest absolute Gasteiger partial charge is 0.497 e. The van der Waals surface area contributed by atoms with E-state index < -0.39 is 11.5 Å². The molecule has 0 saturated heterocycles. The minimum absolute atomic E-state index is 0.174. The first-order valence-electron chi connectivity index (χ1n) is 6.55. The van der Waals surface area contributed by atoms with E-state index in [4.69, 9.17) is 9.47 Å². The first-order valence-corrected chi connectivity index (χ1v) is 6.55. The number of methoxy groups -OCH3 is 2. The molecule has 0 atom stereocenters. The molecule has 0 aliphatic carbocycles. The van der Waals surface area contributed by atoms with Crippen LogP contribution in [-0.2, 0) is 11.3 Å². The summed E-state index contributed by atoms with van der Waals surface area (Å²) in [6, 6.07) is 8.28. The number of carbonyl (C=O) groups is 1. The molecule has 0 aliphatic heterocycles. The zero-order valence-corrected chi connectivity index (χ0v) is 12.3. The van der Waals surface area contributed by atoms with E-state index in [0.29, 0.717) is 17.0 Å². The lowest BCUT2D eigenvalue weighted by Crippen LogP contribution is -2.30. The van der Waals surface area contributed by atoms with Crippen molar-refractivity contribution in [1.29, 1.82) is 0 Å². The van der Waals surface area contributed by atoms with Crippen molar-refractivity contribution < 1.29 is 19.4 Å². The zero-order valence-electron chi connectivity index (χ0n) is 12.3. The maximum Gasteiger partial charge on any atom is 0.341 e. The van der Waals surface area contributed by atoms with E-state index in [-0.39, 0.29) is 18.7 Å². The van der Waals surface area contributed by atoms with Crippen LogP contribution in [0.15, 0.2) is 35.1 Å². The Morgan fingerprint density at radius 1 is 1.32 bits per heavy atom. The van der Waals surface area contributed by atoms with Gasteiger partial charge in [-0.15, -0.1) is 0 Å². The number of nitrogens with zero attached hydrogens (tertiary/aromatic N) is 2. The number of hydrogen-bond acceptors (Lipinski definition) is 5. The molecule has 1 heterocycles. The van der Waals surface area contributed by atoms with Gasteiger partial charge in [-0.1, -0.05) is 12.1 Å². The number of carboxylic acid groups (broad SMARTS) is 1. The third-order valence-electron chi connectivity index (χ3n) is 3.08. The molecular weight excluding hydrogens is 288 g/mol. The highest BCUT2D eigenvalue weighted by molar-refractivity contribution is 5.88. The Labute approximate surface area is 126 Å². The fourth-order valence-corrected chi connectivity index (χ4v) is 1.95. The lowest BCUT2D eigenvalue weighted by atomic mass is 10.1. The van der Waals surface area contributed by atoms with E-state index in [1.54, 1.807) is 24.3 Å². The van der Waals surface area contributed by atoms with E-state index in [2.05, 4.69) is 5.10 Å². The normalized spacial score (nSPS) is 10.5. The third-order valence-corrected chi connectivity index (χ3v) is 3.08. The van der Waals surface area contributed by atoms with Gasteiger partial charge in [-0.25, -0.2) is 9.48 Å². The molecule has 0 fully saturated rings.